The molecule has 1 heterocycles. The summed E-state index contributed by atoms with van der Waals surface area (Å²) < 4.78 is 37.5. The van der Waals surface area contributed by atoms with Gasteiger partial charge in [-0.2, -0.15) is 13.2 Å². The van der Waals surface area contributed by atoms with Gasteiger partial charge in [-0.25, -0.2) is 4.98 Å². The first-order valence-electron chi connectivity index (χ1n) is 6.38. The van der Waals surface area contributed by atoms with E-state index in [1.54, 1.807) is 0 Å². The second-order valence-electron chi connectivity index (χ2n) is 4.69. The number of thioether (sulfide) groups is 1. The molecule has 112 valence electrons. The zero-order chi connectivity index (χ0) is 15.5. The van der Waals surface area contributed by atoms with E-state index in [9.17, 15) is 13.2 Å². The number of aromatic nitrogens is 1. The van der Waals surface area contributed by atoms with Gasteiger partial charge in [-0.15, -0.1) is 0 Å². The number of nitrogens with two attached hydrogens (primary N) is 1. The molecule has 0 aliphatic heterocycles. The Hall–Kier alpha value is -1.53. The minimum atomic E-state index is -4.36. The van der Waals surface area contributed by atoms with Crippen LogP contribution in [-0.4, -0.2) is 11.0 Å². The first-order valence-corrected chi connectivity index (χ1v) is 7.26. The summed E-state index contributed by atoms with van der Waals surface area (Å²) in [7, 11) is 0. The van der Waals surface area contributed by atoms with Crippen LogP contribution < -0.4 is 5.73 Å². The fourth-order valence-corrected chi connectivity index (χ4v) is 2.90. The summed E-state index contributed by atoms with van der Waals surface area (Å²) in [5.74, 6) is 0. The van der Waals surface area contributed by atoms with Gasteiger partial charge in [-0.1, -0.05) is 42.1 Å². The van der Waals surface area contributed by atoms with Crippen LogP contribution in [0.3, 0.4) is 0 Å². The van der Waals surface area contributed by atoms with Crippen molar-refractivity contribution >= 4 is 11.8 Å². The van der Waals surface area contributed by atoms with E-state index in [4.69, 9.17) is 5.73 Å². The number of alkyl halides is 3. The zero-order valence-electron chi connectivity index (χ0n) is 11.3. The maximum Gasteiger partial charge on any atom is 0.417 e. The highest BCUT2D eigenvalue weighted by Crippen LogP contribution is 2.37. The lowest BCUT2D eigenvalue weighted by molar-refractivity contribution is -0.137. The Labute approximate surface area is 125 Å². The molecule has 2 nitrogen and oxygen atoms in total. The Morgan fingerprint density at radius 2 is 1.76 bits per heavy atom. The summed E-state index contributed by atoms with van der Waals surface area (Å²) in [6.07, 6.45) is -3.51. The van der Waals surface area contributed by atoms with Gasteiger partial charge in [0, 0.05) is 12.2 Å². The van der Waals surface area contributed by atoms with Gasteiger partial charge in [-0.05, 0) is 24.6 Å². The van der Waals surface area contributed by atoms with Crippen molar-refractivity contribution in [3.8, 4) is 0 Å². The van der Waals surface area contributed by atoms with E-state index in [-0.39, 0.29) is 11.3 Å². The molecule has 0 spiro atoms. The second kappa shape index (κ2) is 6.49. The maximum absolute atomic E-state index is 12.5. The molecule has 1 aromatic heterocycles. The quantitative estimate of drug-likeness (QED) is 0.856. The SMILES string of the molecule is CC(N)C(Sc1ccc(C(F)(F)F)cn1)c1ccccc1. The van der Waals surface area contributed by atoms with Crippen LogP contribution in [-0.2, 0) is 6.18 Å². The van der Waals surface area contributed by atoms with Crippen molar-refractivity contribution in [3.05, 3.63) is 59.8 Å². The molecule has 0 radical (unpaired) electrons. The zero-order valence-corrected chi connectivity index (χ0v) is 12.2. The summed E-state index contributed by atoms with van der Waals surface area (Å²) in [4.78, 5) is 3.88. The molecular weight excluding hydrogens is 297 g/mol. The van der Waals surface area contributed by atoms with Crippen molar-refractivity contribution in [3.63, 3.8) is 0 Å². The molecule has 0 amide bonds. The summed E-state index contributed by atoms with van der Waals surface area (Å²) in [5.41, 5.74) is 6.27. The van der Waals surface area contributed by atoms with Crippen LogP contribution in [0.25, 0.3) is 0 Å². The fourth-order valence-electron chi connectivity index (χ4n) is 1.87. The highest BCUT2D eigenvalue weighted by molar-refractivity contribution is 7.99. The second-order valence-corrected chi connectivity index (χ2v) is 5.85. The summed E-state index contributed by atoms with van der Waals surface area (Å²) in [5, 5.41) is 0.463. The van der Waals surface area contributed by atoms with E-state index < -0.39 is 11.7 Å². The average molecular weight is 312 g/mol. The van der Waals surface area contributed by atoms with Crippen molar-refractivity contribution in [2.24, 2.45) is 5.73 Å². The van der Waals surface area contributed by atoms with Crippen LogP contribution in [0.2, 0.25) is 0 Å². The molecule has 0 aliphatic carbocycles. The number of halogens is 3. The van der Waals surface area contributed by atoms with Crippen molar-refractivity contribution < 1.29 is 13.2 Å². The van der Waals surface area contributed by atoms with Crippen LogP contribution >= 0.6 is 11.8 Å². The van der Waals surface area contributed by atoms with Gasteiger partial charge in [0.05, 0.1) is 15.8 Å². The predicted octanol–water partition coefficient (Wildman–Crippen LogP) is 4.28. The molecule has 2 atom stereocenters. The minimum absolute atomic E-state index is 0.0598. The third-order valence-corrected chi connectivity index (χ3v) is 4.36. The summed E-state index contributed by atoms with van der Waals surface area (Å²) >= 11 is 1.37. The highest BCUT2D eigenvalue weighted by Gasteiger charge is 2.30. The first kappa shape index (κ1) is 15.9. The van der Waals surface area contributed by atoms with Gasteiger partial charge >= 0.3 is 6.18 Å². The molecule has 1 aromatic carbocycles. The number of pyridine rings is 1. The molecule has 0 saturated carbocycles. The Morgan fingerprint density at radius 3 is 2.24 bits per heavy atom. The lowest BCUT2D eigenvalue weighted by atomic mass is 10.1. The number of hydrogen-bond donors (Lipinski definition) is 1. The van der Waals surface area contributed by atoms with Crippen molar-refractivity contribution in [1.29, 1.82) is 0 Å². The average Bonchev–Trinajstić information content (AvgIpc) is 2.45. The molecule has 0 saturated heterocycles. The van der Waals surface area contributed by atoms with Crippen LogP contribution in [0.5, 0.6) is 0 Å². The predicted molar refractivity (Wildman–Crippen MR) is 77.9 cm³/mol. The molecule has 2 rings (SSSR count). The molecule has 0 bridgehead atoms. The molecule has 0 fully saturated rings. The van der Waals surface area contributed by atoms with Gasteiger partial charge in [0.1, 0.15) is 0 Å². The molecule has 2 unspecified atom stereocenters. The number of benzene rings is 1. The van der Waals surface area contributed by atoms with E-state index >= 15 is 0 Å². The van der Waals surface area contributed by atoms with Crippen LogP contribution in [0.4, 0.5) is 13.2 Å². The normalized spacial score (nSPS) is 14.7. The monoisotopic (exact) mass is 312 g/mol. The van der Waals surface area contributed by atoms with Crippen LogP contribution in [0.15, 0.2) is 53.7 Å². The highest BCUT2D eigenvalue weighted by atomic mass is 32.2. The third-order valence-electron chi connectivity index (χ3n) is 2.92. The fraction of sp³-hybridized carbons (Fsp3) is 0.267. The van der Waals surface area contributed by atoms with Crippen molar-refractivity contribution in [2.45, 2.75) is 29.4 Å². The first-order chi connectivity index (χ1) is 9.88. The van der Waals surface area contributed by atoms with Crippen LogP contribution in [0, 0.1) is 0 Å². The topological polar surface area (TPSA) is 38.9 Å². The van der Waals surface area contributed by atoms with Gasteiger partial charge in [0.15, 0.2) is 0 Å². The van der Waals surface area contributed by atoms with E-state index in [0.29, 0.717) is 5.03 Å². The molecule has 21 heavy (non-hydrogen) atoms. The van der Waals surface area contributed by atoms with Crippen molar-refractivity contribution in [1.82, 2.24) is 4.98 Å². The Kier molecular flexibility index (Phi) is 4.90. The van der Waals surface area contributed by atoms with E-state index in [2.05, 4.69) is 4.98 Å². The molecule has 6 heteroatoms. The van der Waals surface area contributed by atoms with Gasteiger partial charge in [0.25, 0.3) is 0 Å². The van der Waals surface area contributed by atoms with Gasteiger partial charge in [-0.3, -0.25) is 0 Å². The largest absolute Gasteiger partial charge is 0.417 e. The molecule has 2 N–H and O–H groups in total. The maximum atomic E-state index is 12.5. The third kappa shape index (κ3) is 4.22. The van der Waals surface area contributed by atoms with E-state index in [0.717, 1.165) is 17.8 Å². The van der Waals surface area contributed by atoms with E-state index in [1.807, 2.05) is 37.3 Å². The lowest BCUT2D eigenvalue weighted by Gasteiger charge is -2.20. The van der Waals surface area contributed by atoms with Gasteiger partial charge in [0.2, 0.25) is 0 Å². The number of nitrogens with zero attached hydrogens (tertiary/aromatic N) is 1. The van der Waals surface area contributed by atoms with Crippen molar-refractivity contribution in [2.75, 3.05) is 0 Å². The standard InChI is InChI=1S/C15H15F3N2S/c1-10(19)14(11-5-3-2-4-6-11)21-13-8-7-12(9-20-13)15(16,17)18/h2-10,14H,19H2,1H3. The smallest absolute Gasteiger partial charge is 0.327 e. The van der Waals surface area contributed by atoms with Crippen LogP contribution in [0.1, 0.15) is 23.3 Å². The summed E-state index contributed by atoms with van der Waals surface area (Å²) in [6.45, 7) is 1.87. The summed E-state index contributed by atoms with van der Waals surface area (Å²) in [6, 6.07) is 11.9. The Bertz CT molecular complexity index is 568. The minimum Gasteiger partial charge on any atom is -0.327 e. The lowest BCUT2D eigenvalue weighted by Crippen LogP contribution is -2.22. The number of hydrogen-bond acceptors (Lipinski definition) is 3. The Balaban J connectivity index is 2.18. The van der Waals surface area contributed by atoms with Gasteiger partial charge < -0.3 is 5.73 Å². The Morgan fingerprint density at radius 1 is 1.10 bits per heavy atom. The molecular formula is C15H15F3N2S. The number of rotatable bonds is 4. The van der Waals surface area contributed by atoms with E-state index in [1.165, 1.54) is 17.8 Å². The molecule has 0 aliphatic rings. The molecule has 2 aromatic rings.